The predicted molar refractivity (Wildman–Crippen MR) is 52.6 cm³/mol. The molecular weight excluding hydrogens is 172 g/mol. The van der Waals surface area contributed by atoms with E-state index in [-0.39, 0.29) is 5.92 Å². The summed E-state index contributed by atoms with van der Waals surface area (Å²) in [7, 11) is -3.05. The van der Waals surface area contributed by atoms with Gasteiger partial charge < -0.3 is 0 Å². The van der Waals surface area contributed by atoms with E-state index in [1.54, 1.807) is 25.2 Å². The molecule has 0 heterocycles. The molecule has 0 saturated heterocycles. The third-order valence-electron chi connectivity index (χ3n) is 1.26. The number of hydrogen-bond donors (Lipinski definition) is 0. The van der Waals surface area contributed by atoms with E-state index in [0.29, 0.717) is 4.91 Å². The molecule has 0 saturated carbocycles. The fraction of sp³-hybridized carbons (Fsp3) is 0.556. The van der Waals surface area contributed by atoms with Gasteiger partial charge in [-0.15, -0.1) is 0 Å². The van der Waals surface area contributed by atoms with Gasteiger partial charge in [-0.25, -0.2) is 8.42 Å². The summed E-state index contributed by atoms with van der Waals surface area (Å²) >= 11 is 0. The van der Waals surface area contributed by atoms with Crippen molar-refractivity contribution in [3.8, 4) is 0 Å². The molecule has 0 bridgehead atoms. The van der Waals surface area contributed by atoms with Crippen LogP contribution in [0.15, 0.2) is 23.1 Å². The van der Waals surface area contributed by atoms with E-state index in [1.165, 1.54) is 6.26 Å². The molecule has 0 rings (SSSR count). The summed E-state index contributed by atoms with van der Waals surface area (Å²) in [6.45, 7) is 5.71. The maximum absolute atomic E-state index is 11.1. The summed E-state index contributed by atoms with van der Waals surface area (Å²) in [5, 5.41) is 0. The smallest absolute Gasteiger partial charge is 0.175 e. The zero-order valence-corrected chi connectivity index (χ0v) is 8.85. The standard InChI is InChI=1S/C9H16O2S/c1-5-6-9(7-8(2)3)12(4,10)11/h5-8H,1-4H3/b6-5-,9-7+. The molecule has 0 N–H and O–H groups in total. The largest absolute Gasteiger partial charge is 0.224 e. The molecular formula is C9H16O2S. The van der Waals surface area contributed by atoms with Gasteiger partial charge in [-0.3, -0.25) is 0 Å². The first kappa shape index (κ1) is 11.4. The maximum atomic E-state index is 11.1. The molecule has 2 nitrogen and oxygen atoms in total. The van der Waals surface area contributed by atoms with E-state index < -0.39 is 9.84 Å². The molecule has 0 fully saturated rings. The minimum atomic E-state index is -3.05. The highest BCUT2D eigenvalue weighted by molar-refractivity contribution is 7.94. The second-order valence-electron chi connectivity index (χ2n) is 3.09. The molecule has 3 heteroatoms. The van der Waals surface area contributed by atoms with Gasteiger partial charge in [-0.05, 0) is 18.9 Å². The van der Waals surface area contributed by atoms with Crippen LogP contribution in [0, 0.1) is 5.92 Å². The average molecular weight is 188 g/mol. The molecule has 0 aromatic rings. The van der Waals surface area contributed by atoms with Crippen molar-refractivity contribution in [1.82, 2.24) is 0 Å². The lowest BCUT2D eigenvalue weighted by molar-refractivity contribution is 0.608. The Morgan fingerprint density at radius 3 is 2.08 bits per heavy atom. The Labute approximate surface area is 74.9 Å². The Kier molecular flexibility index (Phi) is 4.24. The van der Waals surface area contributed by atoms with E-state index >= 15 is 0 Å². The SMILES string of the molecule is C/C=C\C(=C/C(C)C)S(C)(=O)=O. The molecule has 0 aromatic heterocycles. The summed E-state index contributed by atoms with van der Waals surface area (Å²) in [5.41, 5.74) is 0. The second kappa shape index (κ2) is 4.45. The quantitative estimate of drug-likeness (QED) is 0.636. The van der Waals surface area contributed by atoms with Gasteiger partial charge in [0.1, 0.15) is 0 Å². The van der Waals surface area contributed by atoms with Gasteiger partial charge >= 0.3 is 0 Å². The van der Waals surface area contributed by atoms with Gasteiger partial charge in [-0.2, -0.15) is 0 Å². The van der Waals surface area contributed by atoms with Gasteiger partial charge in [0.25, 0.3) is 0 Å². The minimum absolute atomic E-state index is 0.255. The molecule has 0 spiro atoms. The van der Waals surface area contributed by atoms with Gasteiger partial charge in [0, 0.05) is 6.26 Å². The Morgan fingerprint density at radius 1 is 1.33 bits per heavy atom. The lowest BCUT2D eigenvalue weighted by Gasteiger charge is -2.00. The van der Waals surface area contributed by atoms with Crippen LogP contribution >= 0.6 is 0 Å². The summed E-state index contributed by atoms with van der Waals surface area (Å²) in [4.78, 5) is 0.403. The van der Waals surface area contributed by atoms with Crippen molar-refractivity contribution in [2.24, 2.45) is 5.92 Å². The Hall–Kier alpha value is -0.570. The van der Waals surface area contributed by atoms with Crippen LogP contribution in [-0.4, -0.2) is 14.7 Å². The van der Waals surface area contributed by atoms with Gasteiger partial charge in [-0.1, -0.05) is 26.0 Å². The van der Waals surface area contributed by atoms with Crippen molar-refractivity contribution in [3.63, 3.8) is 0 Å². The zero-order chi connectivity index (χ0) is 9.78. The first-order chi connectivity index (χ1) is 5.38. The van der Waals surface area contributed by atoms with Crippen molar-refractivity contribution < 1.29 is 8.42 Å². The highest BCUT2D eigenvalue weighted by atomic mass is 32.2. The Balaban J connectivity index is 4.94. The monoisotopic (exact) mass is 188 g/mol. The number of rotatable bonds is 3. The second-order valence-corrected chi connectivity index (χ2v) is 5.10. The summed E-state index contributed by atoms with van der Waals surface area (Å²) in [6, 6.07) is 0. The van der Waals surface area contributed by atoms with Crippen LogP contribution in [0.5, 0.6) is 0 Å². The number of allylic oxidation sites excluding steroid dienone is 3. The fourth-order valence-electron chi connectivity index (χ4n) is 0.796. The molecule has 70 valence electrons. The van der Waals surface area contributed by atoms with Crippen molar-refractivity contribution in [3.05, 3.63) is 23.1 Å². The van der Waals surface area contributed by atoms with Crippen molar-refractivity contribution >= 4 is 9.84 Å². The van der Waals surface area contributed by atoms with Crippen LogP contribution in [0.25, 0.3) is 0 Å². The molecule has 12 heavy (non-hydrogen) atoms. The van der Waals surface area contributed by atoms with Crippen LogP contribution in [0.1, 0.15) is 20.8 Å². The van der Waals surface area contributed by atoms with Crippen LogP contribution in [0.4, 0.5) is 0 Å². The van der Waals surface area contributed by atoms with Gasteiger partial charge in [0.15, 0.2) is 9.84 Å². The molecule has 0 radical (unpaired) electrons. The van der Waals surface area contributed by atoms with Crippen LogP contribution < -0.4 is 0 Å². The van der Waals surface area contributed by atoms with Crippen molar-refractivity contribution in [1.29, 1.82) is 0 Å². The zero-order valence-electron chi connectivity index (χ0n) is 8.03. The minimum Gasteiger partial charge on any atom is -0.224 e. The summed E-state index contributed by atoms with van der Waals surface area (Å²) < 4.78 is 22.3. The Bertz CT molecular complexity index is 282. The Morgan fingerprint density at radius 2 is 1.83 bits per heavy atom. The van der Waals surface area contributed by atoms with Gasteiger partial charge in [0.05, 0.1) is 4.91 Å². The highest BCUT2D eigenvalue weighted by Crippen LogP contribution is 2.10. The molecule has 0 amide bonds. The normalized spacial score (nSPS) is 14.6. The molecule has 0 aromatic carbocycles. The van der Waals surface area contributed by atoms with Crippen molar-refractivity contribution in [2.45, 2.75) is 20.8 Å². The fourth-order valence-corrected chi connectivity index (χ4v) is 1.70. The number of sulfone groups is 1. The van der Waals surface area contributed by atoms with E-state index in [4.69, 9.17) is 0 Å². The highest BCUT2D eigenvalue weighted by Gasteiger charge is 2.07. The van der Waals surface area contributed by atoms with Crippen LogP contribution in [0.2, 0.25) is 0 Å². The molecule has 0 aliphatic heterocycles. The van der Waals surface area contributed by atoms with Crippen LogP contribution in [-0.2, 0) is 9.84 Å². The van der Waals surface area contributed by atoms with E-state index in [0.717, 1.165) is 0 Å². The molecule has 0 aliphatic carbocycles. The van der Waals surface area contributed by atoms with Gasteiger partial charge in [0.2, 0.25) is 0 Å². The van der Waals surface area contributed by atoms with Crippen LogP contribution in [0.3, 0.4) is 0 Å². The lowest BCUT2D eigenvalue weighted by Crippen LogP contribution is -1.99. The number of hydrogen-bond acceptors (Lipinski definition) is 2. The summed E-state index contributed by atoms with van der Waals surface area (Å²) in [6.07, 6.45) is 6.32. The van der Waals surface area contributed by atoms with E-state index in [1.807, 2.05) is 13.8 Å². The van der Waals surface area contributed by atoms with E-state index in [2.05, 4.69) is 0 Å². The third-order valence-corrected chi connectivity index (χ3v) is 2.39. The average Bonchev–Trinajstić information content (AvgIpc) is 1.83. The maximum Gasteiger partial charge on any atom is 0.175 e. The molecule has 0 atom stereocenters. The first-order valence-electron chi connectivity index (χ1n) is 3.92. The lowest BCUT2D eigenvalue weighted by atomic mass is 10.2. The van der Waals surface area contributed by atoms with E-state index in [9.17, 15) is 8.42 Å². The molecule has 0 aliphatic rings. The molecule has 0 unspecified atom stereocenters. The third kappa shape index (κ3) is 4.34. The first-order valence-corrected chi connectivity index (χ1v) is 5.81. The van der Waals surface area contributed by atoms with Crippen molar-refractivity contribution in [2.75, 3.05) is 6.26 Å². The summed E-state index contributed by atoms with van der Waals surface area (Å²) in [5.74, 6) is 0.255. The topological polar surface area (TPSA) is 34.1 Å². The predicted octanol–water partition coefficient (Wildman–Crippen LogP) is 2.15.